The van der Waals surface area contributed by atoms with Gasteiger partial charge in [0.05, 0.1) is 18.2 Å². The van der Waals surface area contributed by atoms with Crippen LogP contribution >= 0.6 is 0 Å². The summed E-state index contributed by atoms with van der Waals surface area (Å²) in [7, 11) is 2.03. The van der Waals surface area contributed by atoms with Gasteiger partial charge in [-0.3, -0.25) is 5.01 Å². The molecule has 0 amide bonds. The normalized spacial score (nSPS) is 34.6. The average molecular weight is 225 g/mol. The van der Waals surface area contributed by atoms with Crippen LogP contribution in [0.15, 0.2) is 10.3 Å². The van der Waals surface area contributed by atoms with Crippen LogP contribution in [-0.2, 0) is 4.74 Å². The molecule has 0 aromatic carbocycles. The van der Waals surface area contributed by atoms with Crippen molar-refractivity contribution in [2.75, 3.05) is 13.7 Å². The summed E-state index contributed by atoms with van der Waals surface area (Å²) in [6.07, 6.45) is 7.55. The van der Waals surface area contributed by atoms with Crippen LogP contribution in [0, 0.1) is 0 Å². The first-order chi connectivity index (χ1) is 7.81. The third kappa shape index (κ3) is 2.73. The van der Waals surface area contributed by atoms with E-state index < -0.39 is 0 Å². The predicted octanol–water partition coefficient (Wildman–Crippen LogP) is 2.80. The number of ether oxygens (including phenoxy) is 1. The van der Waals surface area contributed by atoms with Gasteiger partial charge in [-0.05, 0) is 25.7 Å². The van der Waals surface area contributed by atoms with Crippen molar-refractivity contribution < 1.29 is 4.74 Å². The molecule has 0 radical (unpaired) electrons. The molecule has 1 heterocycles. The maximum atomic E-state index is 5.91. The van der Waals surface area contributed by atoms with Crippen LogP contribution in [-0.4, -0.2) is 36.9 Å². The zero-order valence-corrected chi connectivity index (χ0v) is 10.4. The molecule has 1 aliphatic carbocycles. The molecule has 4 nitrogen and oxygen atoms in total. The van der Waals surface area contributed by atoms with Gasteiger partial charge in [-0.2, -0.15) is 5.11 Å². The first-order valence-corrected chi connectivity index (χ1v) is 6.56. The first-order valence-electron chi connectivity index (χ1n) is 6.56. The highest BCUT2D eigenvalue weighted by Gasteiger charge is 2.33. The van der Waals surface area contributed by atoms with Crippen molar-refractivity contribution in [3.63, 3.8) is 0 Å². The molecule has 4 heteroatoms. The van der Waals surface area contributed by atoms with E-state index in [-0.39, 0.29) is 0 Å². The Morgan fingerprint density at radius 3 is 2.94 bits per heavy atom. The van der Waals surface area contributed by atoms with Crippen molar-refractivity contribution >= 4 is 0 Å². The van der Waals surface area contributed by atoms with Crippen LogP contribution in [0.3, 0.4) is 0 Å². The standard InChI is InChI=1S/C12H23N3O/c1-3-8-16-10-6-4-5-7-11-12(9-10)15(2)14-13-11/h10-12H,3-9H2,1-2H3. The van der Waals surface area contributed by atoms with Gasteiger partial charge in [-0.1, -0.05) is 25.0 Å². The van der Waals surface area contributed by atoms with Crippen LogP contribution in [0.1, 0.15) is 45.4 Å². The van der Waals surface area contributed by atoms with E-state index in [0.29, 0.717) is 18.2 Å². The molecule has 1 fully saturated rings. The number of rotatable bonds is 3. The van der Waals surface area contributed by atoms with Crippen molar-refractivity contribution in [2.45, 2.75) is 63.6 Å². The summed E-state index contributed by atoms with van der Waals surface area (Å²) in [4.78, 5) is 0. The zero-order valence-electron chi connectivity index (χ0n) is 10.4. The quantitative estimate of drug-likeness (QED) is 0.740. The SMILES string of the molecule is CCCOC1CCCCC2N=NN(C)C2C1. The van der Waals surface area contributed by atoms with Gasteiger partial charge in [0.15, 0.2) is 0 Å². The van der Waals surface area contributed by atoms with Crippen molar-refractivity contribution in [3.8, 4) is 0 Å². The summed E-state index contributed by atoms with van der Waals surface area (Å²) in [6.45, 7) is 3.05. The van der Waals surface area contributed by atoms with E-state index in [9.17, 15) is 0 Å². The maximum absolute atomic E-state index is 5.91. The minimum absolute atomic E-state index is 0.415. The van der Waals surface area contributed by atoms with Crippen LogP contribution < -0.4 is 0 Å². The minimum Gasteiger partial charge on any atom is -0.378 e. The van der Waals surface area contributed by atoms with E-state index >= 15 is 0 Å². The Morgan fingerprint density at radius 2 is 2.12 bits per heavy atom. The summed E-state index contributed by atoms with van der Waals surface area (Å²) in [5.41, 5.74) is 0. The Labute approximate surface area is 98.0 Å². The molecule has 2 aliphatic rings. The molecule has 0 N–H and O–H groups in total. The number of likely N-dealkylation sites (N-methyl/N-ethyl adjacent to an activating group) is 1. The second-order valence-corrected chi connectivity index (χ2v) is 4.93. The molecule has 0 spiro atoms. The Kier molecular flexibility index (Phi) is 4.16. The molecule has 0 aromatic heterocycles. The lowest BCUT2D eigenvalue weighted by Gasteiger charge is -2.29. The average Bonchev–Trinajstić information content (AvgIpc) is 2.57. The summed E-state index contributed by atoms with van der Waals surface area (Å²) < 4.78 is 5.91. The van der Waals surface area contributed by atoms with Crippen molar-refractivity contribution in [2.24, 2.45) is 10.3 Å². The molecule has 0 aromatic rings. The van der Waals surface area contributed by atoms with Gasteiger partial charge < -0.3 is 4.74 Å². The van der Waals surface area contributed by atoms with Crippen LogP contribution in [0.4, 0.5) is 0 Å². The van der Waals surface area contributed by atoms with Crippen molar-refractivity contribution in [3.05, 3.63) is 0 Å². The fourth-order valence-corrected chi connectivity index (χ4v) is 2.65. The second kappa shape index (κ2) is 5.62. The summed E-state index contributed by atoms with van der Waals surface area (Å²) in [5, 5.41) is 10.6. The number of fused-ring (bicyclic) bond motifs is 1. The van der Waals surface area contributed by atoms with Gasteiger partial charge in [0.1, 0.15) is 0 Å². The molecule has 1 saturated carbocycles. The Morgan fingerprint density at radius 1 is 1.31 bits per heavy atom. The summed E-state index contributed by atoms with van der Waals surface area (Å²) in [5.74, 6) is 0. The summed E-state index contributed by atoms with van der Waals surface area (Å²) >= 11 is 0. The Bertz CT molecular complexity index is 242. The van der Waals surface area contributed by atoms with E-state index in [0.717, 1.165) is 19.4 Å². The van der Waals surface area contributed by atoms with E-state index in [4.69, 9.17) is 4.74 Å². The lowest BCUT2D eigenvalue weighted by Crippen LogP contribution is -2.37. The van der Waals surface area contributed by atoms with Gasteiger partial charge in [0, 0.05) is 13.7 Å². The van der Waals surface area contributed by atoms with E-state index in [1.54, 1.807) is 0 Å². The number of nitrogens with zero attached hydrogens (tertiary/aromatic N) is 3. The summed E-state index contributed by atoms with van der Waals surface area (Å²) in [6, 6.07) is 0.889. The lowest BCUT2D eigenvalue weighted by molar-refractivity contribution is 0.0181. The molecule has 3 atom stereocenters. The Hall–Kier alpha value is -0.640. The Balaban J connectivity index is 1.92. The highest BCUT2D eigenvalue weighted by atomic mass is 16.5. The highest BCUT2D eigenvalue weighted by molar-refractivity contribution is 4.88. The third-order valence-corrected chi connectivity index (χ3v) is 3.60. The highest BCUT2D eigenvalue weighted by Crippen LogP contribution is 2.29. The van der Waals surface area contributed by atoms with Crippen molar-refractivity contribution in [1.82, 2.24) is 5.01 Å². The van der Waals surface area contributed by atoms with E-state index in [1.165, 1.54) is 25.7 Å². The third-order valence-electron chi connectivity index (χ3n) is 3.60. The predicted molar refractivity (Wildman–Crippen MR) is 63.3 cm³/mol. The molecular formula is C12H23N3O. The molecule has 3 unspecified atom stereocenters. The topological polar surface area (TPSA) is 37.2 Å². The smallest absolute Gasteiger partial charge is 0.0950 e. The fraction of sp³-hybridized carbons (Fsp3) is 1.00. The van der Waals surface area contributed by atoms with Gasteiger partial charge >= 0.3 is 0 Å². The van der Waals surface area contributed by atoms with Gasteiger partial charge in [0.2, 0.25) is 0 Å². The largest absolute Gasteiger partial charge is 0.378 e. The molecule has 0 saturated heterocycles. The zero-order chi connectivity index (χ0) is 11.4. The molecule has 16 heavy (non-hydrogen) atoms. The van der Waals surface area contributed by atoms with Gasteiger partial charge in [-0.15, -0.1) is 0 Å². The maximum Gasteiger partial charge on any atom is 0.0950 e. The monoisotopic (exact) mass is 225 g/mol. The minimum atomic E-state index is 0.415. The van der Waals surface area contributed by atoms with Crippen LogP contribution in [0.5, 0.6) is 0 Å². The molecular weight excluding hydrogens is 202 g/mol. The van der Waals surface area contributed by atoms with E-state index in [2.05, 4.69) is 17.3 Å². The van der Waals surface area contributed by atoms with Gasteiger partial charge in [-0.25, -0.2) is 0 Å². The van der Waals surface area contributed by atoms with E-state index in [1.807, 2.05) is 12.1 Å². The van der Waals surface area contributed by atoms with Crippen molar-refractivity contribution in [1.29, 1.82) is 0 Å². The second-order valence-electron chi connectivity index (χ2n) is 4.93. The van der Waals surface area contributed by atoms with Gasteiger partial charge in [0.25, 0.3) is 0 Å². The van der Waals surface area contributed by atoms with Crippen LogP contribution in [0.2, 0.25) is 0 Å². The van der Waals surface area contributed by atoms with Crippen LogP contribution in [0.25, 0.3) is 0 Å². The lowest BCUT2D eigenvalue weighted by atomic mass is 9.91. The number of hydrogen-bond acceptors (Lipinski definition) is 4. The number of hydrogen-bond donors (Lipinski definition) is 0. The molecule has 2 rings (SSSR count). The first kappa shape index (κ1) is 11.8. The molecule has 0 bridgehead atoms. The fourth-order valence-electron chi connectivity index (χ4n) is 2.65. The molecule has 92 valence electrons. The molecule has 1 aliphatic heterocycles.